The summed E-state index contributed by atoms with van der Waals surface area (Å²) in [5, 5.41) is 3.62. The van der Waals surface area contributed by atoms with E-state index in [2.05, 4.69) is 15.1 Å². The molecule has 130 valence electrons. The maximum atomic E-state index is 13.4. The number of alkyl halides is 3. The number of aromatic nitrogens is 3. The van der Waals surface area contributed by atoms with Gasteiger partial charge < -0.3 is 9.26 Å². The topological polar surface area (TPSA) is 61.0 Å². The van der Waals surface area contributed by atoms with Gasteiger partial charge in [0.15, 0.2) is 5.82 Å². The maximum absolute atomic E-state index is 13.4. The van der Waals surface area contributed by atoms with Crippen LogP contribution in [0.3, 0.4) is 0 Å². The van der Waals surface area contributed by atoms with Crippen molar-refractivity contribution in [1.29, 1.82) is 0 Å². The molecule has 0 saturated carbocycles. The van der Waals surface area contributed by atoms with Crippen LogP contribution >= 0.6 is 11.6 Å². The Hall–Kier alpha value is -2.61. The molecule has 0 aliphatic heterocycles. The van der Waals surface area contributed by atoms with Crippen LogP contribution < -0.4 is 4.74 Å². The fraction of sp³-hybridized carbons (Fsp3) is 0.188. The van der Waals surface area contributed by atoms with Gasteiger partial charge >= 0.3 is 6.18 Å². The number of benzene rings is 1. The highest BCUT2D eigenvalue weighted by Crippen LogP contribution is 2.39. The first-order valence-electron chi connectivity index (χ1n) is 7.00. The van der Waals surface area contributed by atoms with Gasteiger partial charge in [-0.2, -0.15) is 13.2 Å². The summed E-state index contributed by atoms with van der Waals surface area (Å²) in [5.41, 5.74) is 0.215. The third-order valence-corrected chi connectivity index (χ3v) is 3.93. The van der Waals surface area contributed by atoms with Crippen LogP contribution in [0.4, 0.5) is 13.2 Å². The van der Waals surface area contributed by atoms with Gasteiger partial charge in [0.1, 0.15) is 17.2 Å². The predicted octanol–water partition coefficient (Wildman–Crippen LogP) is 4.79. The Kier molecular flexibility index (Phi) is 4.38. The number of rotatable bonds is 3. The summed E-state index contributed by atoms with van der Waals surface area (Å²) in [6, 6.07) is 3.37. The zero-order valence-electron chi connectivity index (χ0n) is 13.1. The van der Waals surface area contributed by atoms with E-state index in [4.69, 9.17) is 20.9 Å². The maximum Gasteiger partial charge on any atom is 0.417 e. The van der Waals surface area contributed by atoms with Crippen LogP contribution in [0, 0.1) is 6.92 Å². The number of methoxy groups -OCH3 is 1. The van der Waals surface area contributed by atoms with Crippen molar-refractivity contribution in [3.63, 3.8) is 0 Å². The standard InChI is InChI=1S/C16H11ClF3N3O2/c1-8-13(9-6-21-25-7-9)22-15(23-14(8)17)11-5-10(24-2)3-4-12(11)16(18,19)20/h3-7H,1-2H3. The smallest absolute Gasteiger partial charge is 0.417 e. The van der Waals surface area contributed by atoms with Crippen LogP contribution in [0.25, 0.3) is 22.6 Å². The first kappa shape index (κ1) is 17.2. The van der Waals surface area contributed by atoms with Gasteiger partial charge in [0.05, 0.1) is 30.1 Å². The molecule has 2 heterocycles. The summed E-state index contributed by atoms with van der Waals surface area (Å²) >= 11 is 6.11. The molecule has 0 bridgehead atoms. The molecule has 0 radical (unpaired) electrons. The first-order valence-corrected chi connectivity index (χ1v) is 7.38. The molecule has 1 aromatic carbocycles. The molecular weight excluding hydrogens is 359 g/mol. The molecule has 0 atom stereocenters. The lowest BCUT2D eigenvalue weighted by molar-refractivity contribution is -0.137. The third kappa shape index (κ3) is 3.30. The molecule has 2 aromatic heterocycles. The fourth-order valence-corrected chi connectivity index (χ4v) is 2.46. The molecule has 0 amide bonds. The zero-order valence-corrected chi connectivity index (χ0v) is 13.8. The van der Waals surface area contributed by atoms with Crippen molar-refractivity contribution in [1.82, 2.24) is 15.1 Å². The Bertz CT molecular complexity index is 912. The minimum Gasteiger partial charge on any atom is -0.497 e. The highest BCUT2D eigenvalue weighted by molar-refractivity contribution is 6.30. The van der Waals surface area contributed by atoms with E-state index in [0.717, 1.165) is 6.07 Å². The number of hydrogen-bond acceptors (Lipinski definition) is 5. The van der Waals surface area contributed by atoms with Gasteiger partial charge in [-0.05, 0) is 25.1 Å². The van der Waals surface area contributed by atoms with Gasteiger partial charge in [-0.3, -0.25) is 0 Å². The average Bonchev–Trinajstić information content (AvgIpc) is 3.10. The highest BCUT2D eigenvalue weighted by Gasteiger charge is 2.35. The lowest BCUT2D eigenvalue weighted by atomic mass is 10.0. The quantitative estimate of drug-likeness (QED) is 0.621. The summed E-state index contributed by atoms with van der Waals surface area (Å²) in [4.78, 5) is 8.26. The van der Waals surface area contributed by atoms with Crippen LogP contribution in [0.15, 0.2) is 35.2 Å². The molecule has 25 heavy (non-hydrogen) atoms. The first-order chi connectivity index (χ1) is 11.8. The Morgan fingerprint density at radius 3 is 2.56 bits per heavy atom. The predicted molar refractivity (Wildman–Crippen MR) is 84.3 cm³/mol. The number of halogens is 4. The van der Waals surface area contributed by atoms with Gasteiger partial charge in [0, 0.05) is 11.1 Å². The van der Waals surface area contributed by atoms with E-state index in [1.54, 1.807) is 6.92 Å². The summed E-state index contributed by atoms with van der Waals surface area (Å²) in [6.45, 7) is 1.66. The summed E-state index contributed by atoms with van der Waals surface area (Å²) in [7, 11) is 1.36. The van der Waals surface area contributed by atoms with Crippen molar-refractivity contribution in [2.45, 2.75) is 13.1 Å². The van der Waals surface area contributed by atoms with E-state index in [1.807, 2.05) is 0 Å². The van der Waals surface area contributed by atoms with Crippen LogP contribution in [0.1, 0.15) is 11.1 Å². The van der Waals surface area contributed by atoms with Crippen molar-refractivity contribution in [3.8, 4) is 28.4 Å². The third-order valence-electron chi connectivity index (χ3n) is 3.57. The van der Waals surface area contributed by atoms with E-state index < -0.39 is 11.7 Å². The molecular formula is C16H11ClF3N3O2. The van der Waals surface area contributed by atoms with Gasteiger partial charge in [0.2, 0.25) is 0 Å². The number of hydrogen-bond donors (Lipinski definition) is 0. The average molecular weight is 370 g/mol. The van der Waals surface area contributed by atoms with Crippen LogP contribution in [-0.4, -0.2) is 22.2 Å². The molecule has 3 aromatic rings. The lowest BCUT2D eigenvalue weighted by Gasteiger charge is -2.15. The van der Waals surface area contributed by atoms with E-state index in [0.29, 0.717) is 16.8 Å². The van der Waals surface area contributed by atoms with Crippen molar-refractivity contribution in [2.75, 3.05) is 7.11 Å². The van der Waals surface area contributed by atoms with Crippen LogP contribution in [-0.2, 0) is 6.18 Å². The Labute approximate surface area is 145 Å². The summed E-state index contributed by atoms with van der Waals surface area (Å²) in [5.74, 6) is 0.0767. The molecule has 0 saturated heterocycles. The van der Waals surface area contributed by atoms with Crippen molar-refractivity contribution in [2.24, 2.45) is 0 Å². The SMILES string of the molecule is COc1ccc(C(F)(F)F)c(-c2nc(Cl)c(C)c(-c3cnoc3)n2)c1. The molecule has 0 spiro atoms. The fourth-order valence-electron chi connectivity index (χ4n) is 2.30. The highest BCUT2D eigenvalue weighted by atomic mass is 35.5. The van der Waals surface area contributed by atoms with Crippen LogP contribution in [0.5, 0.6) is 5.75 Å². The van der Waals surface area contributed by atoms with E-state index in [9.17, 15) is 13.2 Å². The van der Waals surface area contributed by atoms with E-state index >= 15 is 0 Å². The van der Waals surface area contributed by atoms with E-state index in [1.165, 1.54) is 31.7 Å². The van der Waals surface area contributed by atoms with Crippen molar-refractivity contribution >= 4 is 11.6 Å². The van der Waals surface area contributed by atoms with Gasteiger partial charge in [-0.25, -0.2) is 9.97 Å². The van der Waals surface area contributed by atoms with Gasteiger partial charge in [0.25, 0.3) is 0 Å². The second-order valence-electron chi connectivity index (χ2n) is 5.13. The molecule has 0 aliphatic rings. The van der Waals surface area contributed by atoms with Crippen molar-refractivity contribution < 1.29 is 22.4 Å². The largest absolute Gasteiger partial charge is 0.497 e. The second-order valence-corrected chi connectivity index (χ2v) is 5.49. The zero-order chi connectivity index (χ0) is 18.2. The van der Waals surface area contributed by atoms with Gasteiger partial charge in [-0.15, -0.1) is 0 Å². The Morgan fingerprint density at radius 2 is 1.96 bits per heavy atom. The summed E-state index contributed by atoms with van der Waals surface area (Å²) < 4.78 is 49.9. The molecule has 5 nitrogen and oxygen atoms in total. The number of ether oxygens (including phenoxy) is 1. The minimum atomic E-state index is -4.58. The molecule has 3 rings (SSSR count). The summed E-state index contributed by atoms with van der Waals surface area (Å²) in [6.07, 6.45) is -1.86. The monoisotopic (exact) mass is 369 g/mol. The molecule has 0 aliphatic carbocycles. The van der Waals surface area contributed by atoms with E-state index in [-0.39, 0.29) is 22.3 Å². The van der Waals surface area contributed by atoms with Crippen LogP contribution in [0.2, 0.25) is 5.15 Å². The van der Waals surface area contributed by atoms with Crippen molar-refractivity contribution in [3.05, 3.63) is 46.9 Å². The molecule has 0 fully saturated rings. The lowest BCUT2D eigenvalue weighted by Crippen LogP contribution is -2.09. The molecule has 0 N–H and O–H groups in total. The minimum absolute atomic E-state index is 0.0390. The normalized spacial score (nSPS) is 11.6. The second kappa shape index (κ2) is 6.36. The number of nitrogens with zero attached hydrogens (tertiary/aromatic N) is 3. The Balaban J connectivity index is 2.26. The molecule has 0 unspecified atom stereocenters. The van der Waals surface area contributed by atoms with Gasteiger partial charge in [-0.1, -0.05) is 16.8 Å². The molecule has 9 heteroatoms. The Morgan fingerprint density at radius 1 is 1.20 bits per heavy atom.